The molecule has 0 aromatic heterocycles. The van der Waals surface area contributed by atoms with Crippen LogP contribution in [0.25, 0.3) is 0 Å². The van der Waals surface area contributed by atoms with Crippen LogP contribution in [0.2, 0.25) is 0 Å². The van der Waals surface area contributed by atoms with Gasteiger partial charge in [0.1, 0.15) is 5.82 Å². The summed E-state index contributed by atoms with van der Waals surface area (Å²) in [5.74, 6) is -1.36. The van der Waals surface area contributed by atoms with Gasteiger partial charge in [0.2, 0.25) is 0 Å². The van der Waals surface area contributed by atoms with Crippen LogP contribution in [0.15, 0.2) is 42.5 Å². The van der Waals surface area contributed by atoms with Crippen LogP contribution in [-0.4, -0.2) is 11.1 Å². The molecule has 0 fully saturated rings. The van der Waals surface area contributed by atoms with E-state index in [1.54, 1.807) is 18.2 Å². The molecule has 18 heavy (non-hydrogen) atoms. The van der Waals surface area contributed by atoms with E-state index in [0.29, 0.717) is 17.1 Å². The van der Waals surface area contributed by atoms with Crippen LogP contribution >= 0.6 is 0 Å². The van der Waals surface area contributed by atoms with E-state index < -0.39 is 5.97 Å². The molecule has 0 saturated heterocycles. The van der Waals surface area contributed by atoms with Crippen molar-refractivity contribution in [2.75, 3.05) is 11.1 Å². The summed E-state index contributed by atoms with van der Waals surface area (Å²) < 4.78 is 12.7. The highest BCUT2D eigenvalue weighted by atomic mass is 19.1. The van der Waals surface area contributed by atoms with Gasteiger partial charge in [-0.05, 0) is 42.5 Å². The molecular formula is C13H11FN2O2. The smallest absolute Gasteiger partial charge is 0.335 e. The number of carboxylic acids is 1. The first-order chi connectivity index (χ1) is 8.56. The fourth-order valence-electron chi connectivity index (χ4n) is 1.50. The second-order valence-electron chi connectivity index (χ2n) is 3.74. The summed E-state index contributed by atoms with van der Waals surface area (Å²) in [6.45, 7) is 0. The molecule has 0 heterocycles. The molecule has 0 aliphatic carbocycles. The zero-order valence-electron chi connectivity index (χ0n) is 9.35. The molecule has 0 atom stereocenters. The molecule has 0 spiro atoms. The largest absolute Gasteiger partial charge is 0.478 e. The van der Waals surface area contributed by atoms with E-state index in [9.17, 15) is 9.18 Å². The van der Waals surface area contributed by atoms with Crippen LogP contribution in [-0.2, 0) is 0 Å². The average Bonchev–Trinajstić information content (AvgIpc) is 2.34. The predicted molar refractivity (Wildman–Crippen MR) is 67.5 cm³/mol. The van der Waals surface area contributed by atoms with Crippen molar-refractivity contribution >= 4 is 23.0 Å². The van der Waals surface area contributed by atoms with Gasteiger partial charge in [0.15, 0.2) is 0 Å². The highest BCUT2D eigenvalue weighted by molar-refractivity contribution is 5.90. The molecule has 0 aliphatic heterocycles. The van der Waals surface area contributed by atoms with Gasteiger partial charge in [-0.15, -0.1) is 0 Å². The first-order valence-electron chi connectivity index (χ1n) is 5.21. The lowest BCUT2D eigenvalue weighted by molar-refractivity contribution is 0.0697. The molecule has 5 heteroatoms. The van der Waals surface area contributed by atoms with Crippen LogP contribution in [0, 0.1) is 5.82 Å². The Labute approximate surface area is 103 Å². The summed E-state index contributed by atoms with van der Waals surface area (Å²) in [5.41, 5.74) is 7.43. The molecule has 0 bridgehead atoms. The number of nitrogens with one attached hydrogen (secondary N) is 1. The van der Waals surface area contributed by atoms with E-state index >= 15 is 0 Å². The van der Waals surface area contributed by atoms with Gasteiger partial charge in [0.05, 0.1) is 16.9 Å². The van der Waals surface area contributed by atoms with Gasteiger partial charge in [-0.3, -0.25) is 0 Å². The van der Waals surface area contributed by atoms with Crippen molar-refractivity contribution in [1.29, 1.82) is 0 Å². The molecule has 0 aliphatic rings. The number of hydrogen-bond acceptors (Lipinski definition) is 3. The van der Waals surface area contributed by atoms with Gasteiger partial charge in [-0.2, -0.15) is 0 Å². The van der Waals surface area contributed by atoms with Crippen molar-refractivity contribution < 1.29 is 14.3 Å². The average molecular weight is 246 g/mol. The molecule has 4 N–H and O–H groups in total. The van der Waals surface area contributed by atoms with Crippen molar-refractivity contribution in [2.24, 2.45) is 0 Å². The van der Waals surface area contributed by atoms with Crippen LogP contribution in [0.1, 0.15) is 10.4 Å². The highest BCUT2D eigenvalue weighted by Gasteiger charge is 2.06. The maximum atomic E-state index is 12.7. The zero-order chi connectivity index (χ0) is 13.1. The second kappa shape index (κ2) is 4.75. The lowest BCUT2D eigenvalue weighted by atomic mass is 10.1. The minimum absolute atomic E-state index is 0.122. The SMILES string of the molecule is Nc1cc(C(=O)O)ccc1Nc1ccc(F)cc1. The first kappa shape index (κ1) is 11.9. The van der Waals surface area contributed by atoms with Gasteiger partial charge >= 0.3 is 5.97 Å². The quantitative estimate of drug-likeness (QED) is 0.728. The molecule has 0 radical (unpaired) electrons. The number of anilines is 3. The lowest BCUT2D eigenvalue weighted by Gasteiger charge is -2.09. The maximum absolute atomic E-state index is 12.7. The number of carboxylic acid groups (broad SMARTS) is 1. The minimum Gasteiger partial charge on any atom is -0.478 e. The number of benzene rings is 2. The summed E-state index contributed by atoms with van der Waals surface area (Å²) in [6, 6.07) is 10.2. The Balaban J connectivity index is 2.24. The third kappa shape index (κ3) is 2.57. The molecular weight excluding hydrogens is 235 g/mol. The molecule has 0 unspecified atom stereocenters. The normalized spacial score (nSPS) is 10.1. The summed E-state index contributed by atoms with van der Waals surface area (Å²) in [4.78, 5) is 10.7. The molecule has 2 aromatic carbocycles. The Kier molecular flexibility index (Phi) is 3.14. The van der Waals surface area contributed by atoms with E-state index in [1.165, 1.54) is 24.3 Å². The molecule has 2 aromatic rings. The predicted octanol–water partition coefficient (Wildman–Crippen LogP) is 2.85. The topological polar surface area (TPSA) is 75.4 Å². The Hall–Kier alpha value is -2.56. The van der Waals surface area contributed by atoms with Gasteiger partial charge in [-0.25, -0.2) is 9.18 Å². The summed E-state index contributed by atoms with van der Waals surface area (Å²) in [6.07, 6.45) is 0. The van der Waals surface area contributed by atoms with Gasteiger partial charge in [0.25, 0.3) is 0 Å². The van der Waals surface area contributed by atoms with Gasteiger partial charge in [0, 0.05) is 5.69 Å². The van der Waals surface area contributed by atoms with Crippen molar-refractivity contribution in [1.82, 2.24) is 0 Å². The van der Waals surface area contributed by atoms with Crippen molar-refractivity contribution in [2.45, 2.75) is 0 Å². The lowest BCUT2D eigenvalue weighted by Crippen LogP contribution is -2.01. The number of nitrogens with two attached hydrogens (primary N) is 1. The van der Waals surface area contributed by atoms with E-state index in [2.05, 4.69) is 5.32 Å². The molecule has 0 saturated carbocycles. The number of hydrogen-bond donors (Lipinski definition) is 3. The standard InChI is InChI=1S/C13H11FN2O2/c14-9-2-4-10(5-3-9)16-12-6-1-8(13(17)18)7-11(12)15/h1-7,16H,15H2,(H,17,18). The fourth-order valence-corrected chi connectivity index (χ4v) is 1.50. The molecule has 0 amide bonds. The third-order valence-corrected chi connectivity index (χ3v) is 2.42. The van der Waals surface area contributed by atoms with Gasteiger partial charge in [-0.1, -0.05) is 0 Å². The van der Waals surface area contributed by atoms with Crippen LogP contribution in [0.4, 0.5) is 21.5 Å². The van der Waals surface area contributed by atoms with Crippen molar-refractivity contribution in [3.63, 3.8) is 0 Å². The monoisotopic (exact) mass is 246 g/mol. The van der Waals surface area contributed by atoms with Crippen molar-refractivity contribution in [3.05, 3.63) is 53.8 Å². The number of rotatable bonds is 3. The summed E-state index contributed by atoms with van der Waals surface area (Å²) >= 11 is 0. The van der Waals surface area contributed by atoms with Gasteiger partial charge < -0.3 is 16.2 Å². The van der Waals surface area contributed by atoms with Crippen molar-refractivity contribution in [3.8, 4) is 0 Å². The number of nitrogen functional groups attached to an aromatic ring is 1. The van der Waals surface area contributed by atoms with E-state index in [1.807, 2.05) is 0 Å². The highest BCUT2D eigenvalue weighted by Crippen LogP contribution is 2.24. The summed E-state index contributed by atoms with van der Waals surface area (Å²) in [5, 5.41) is 11.8. The van der Waals surface area contributed by atoms with E-state index in [0.717, 1.165) is 0 Å². The van der Waals surface area contributed by atoms with Crippen LogP contribution in [0.3, 0.4) is 0 Å². The minimum atomic E-state index is -1.03. The molecule has 2 rings (SSSR count). The Morgan fingerprint density at radius 1 is 1.17 bits per heavy atom. The van der Waals surface area contributed by atoms with E-state index in [-0.39, 0.29) is 11.4 Å². The fraction of sp³-hybridized carbons (Fsp3) is 0. The Morgan fingerprint density at radius 2 is 1.83 bits per heavy atom. The van der Waals surface area contributed by atoms with Crippen LogP contribution in [0.5, 0.6) is 0 Å². The summed E-state index contributed by atoms with van der Waals surface area (Å²) in [7, 11) is 0. The second-order valence-corrected chi connectivity index (χ2v) is 3.74. The number of halogens is 1. The first-order valence-corrected chi connectivity index (χ1v) is 5.21. The number of aromatic carboxylic acids is 1. The maximum Gasteiger partial charge on any atom is 0.335 e. The van der Waals surface area contributed by atoms with E-state index in [4.69, 9.17) is 10.8 Å². The Bertz CT molecular complexity index is 582. The van der Waals surface area contributed by atoms with Crippen LogP contribution < -0.4 is 11.1 Å². The molecule has 92 valence electrons. The zero-order valence-corrected chi connectivity index (χ0v) is 9.35. The third-order valence-electron chi connectivity index (χ3n) is 2.42. The Morgan fingerprint density at radius 3 is 2.39 bits per heavy atom. The molecule has 4 nitrogen and oxygen atoms in total. The number of carbonyl (C=O) groups is 1.